The predicted molar refractivity (Wildman–Crippen MR) is 48.9 cm³/mol. The number of halogens is 1. The second-order valence-electron chi connectivity index (χ2n) is 2.13. The van der Waals surface area contributed by atoms with E-state index < -0.39 is 0 Å². The molecule has 5 heteroatoms. The average Bonchev–Trinajstić information content (AvgIpc) is 2.09. The van der Waals surface area contributed by atoms with Gasteiger partial charge in [-0.1, -0.05) is 33.2 Å². The van der Waals surface area contributed by atoms with Crippen LogP contribution >= 0.6 is 15.9 Å². The zero-order valence-corrected chi connectivity index (χ0v) is 7.69. The summed E-state index contributed by atoms with van der Waals surface area (Å²) >= 11 is 3.21. The Labute approximate surface area is 77.6 Å². The molecule has 0 saturated heterocycles. The summed E-state index contributed by atoms with van der Waals surface area (Å²) in [5.41, 5.74) is 9.46. The van der Waals surface area contributed by atoms with Crippen molar-refractivity contribution in [1.82, 2.24) is 0 Å². The van der Waals surface area contributed by atoms with Gasteiger partial charge < -0.3 is 5.11 Å². The molecule has 1 N–H and O–H groups in total. The zero-order chi connectivity index (χ0) is 8.97. The molecule has 0 amide bonds. The van der Waals surface area contributed by atoms with E-state index in [4.69, 9.17) is 10.6 Å². The van der Waals surface area contributed by atoms with Crippen molar-refractivity contribution in [3.8, 4) is 0 Å². The summed E-state index contributed by atoms with van der Waals surface area (Å²) in [6, 6.07) is 5.06. The lowest BCUT2D eigenvalue weighted by atomic mass is 10.2. The van der Waals surface area contributed by atoms with Gasteiger partial charge in [-0.3, -0.25) is 0 Å². The van der Waals surface area contributed by atoms with Gasteiger partial charge in [0.25, 0.3) is 0 Å². The van der Waals surface area contributed by atoms with E-state index in [1.807, 2.05) is 0 Å². The van der Waals surface area contributed by atoms with Gasteiger partial charge in [-0.2, -0.15) is 0 Å². The lowest BCUT2D eigenvalue weighted by molar-refractivity contribution is 0.282. The van der Waals surface area contributed by atoms with Gasteiger partial charge in [0.05, 0.1) is 12.3 Å². The number of nitrogens with zero attached hydrogens (tertiary/aromatic N) is 3. The second kappa shape index (κ2) is 4.11. The molecule has 0 spiro atoms. The van der Waals surface area contributed by atoms with Gasteiger partial charge in [-0.15, -0.1) is 0 Å². The van der Waals surface area contributed by atoms with E-state index in [1.165, 1.54) is 0 Å². The van der Waals surface area contributed by atoms with Gasteiger partial charge in [-0.25, -0.2) is 0 Å². The Morgan fingerprint density at radius 2 is 2.33 bits per heavy atom. The number of hydrogen-bond acceptors (Lipinski definition) is 2. The molecule has 0 aliphatic carbocycles. The summed E-state index contributed by atoms with van der Waals surface area (Å²) in [6.45, 7) is -0.0187. The van der Waals surface area contributed by atoms with Crippen molar-refractivity contribution in [3.05, 3.63) is 38.7 Å². The number of benzene rings is 1. The minimum absolute atomic E-state index is 0.0187. The Morgan fingerprint density at radius 3 is 2.83 bits per heavy atom. The van der Waals surface area contributed by atoms with Gasteiger partial charge in [0.2, 0.25) is 0 Å². The molecule has 0 aliphatic heterocycles. The molecular weight excluding hydrogens is 222 g/mol. The third kappa shape index (κ3) is 1.98. The van der Waals surface area contributed by atoms with E-state index >= 15 is 0 Å². The van der Waals surface area contributed by atoms with E-state index in [2.05, 4.69) is 26.0 Å². The van der Waals surface area contributed by atoms with Crippen LogP contribution in [-0.2, 0) is 6.61 Å². The highest BCUT2D eigenvalue weighted by atomic mass is 79.9. The van der Waals surface area contributed by atoms with E-state index in [9.17, 15) is 0 Å². The van der Waals surface area contributed by atoms with Crippen LogP contribution in [0.25, 0.3) is 10.4 Å². The van der Waals surface area contributed by atoms with Crippen LogP contribution in [0.2, 0.25) is 0 Å². The molecule has 0 aromatic heterocycles. The Morgan fingerprint density at radius 1 is 1.58 bits per heavy atom. The first-order valence-corrected chi connectivity index (χ1v) is 4.01. The molecule has 1 rings (SSSR count). The standard InChI is InChI=1S/C7H6BrN3O/c8-6-3-5(4-12)1-2-7(6)10-11-9/h1-3,12H,4H2. The van der Waals surface area contributed by atoms with Gasteiger partial charge in [0.1, 0.15) is 0 Å². The van der Waals surface area contributed by atoms with Crippen molar-refractivity contribution in [2.24, 2.45) is 5.11 Å². The van der Waals surface area contributed by atoms with Crippen molar-refractivity contribution >= 4 is 21.6 Å². The van der Waals surface area contributed by atoms with Crippen LogP contribution in [0.4, 0.5) is 5.69 Å². The average molecular weight is 228 g/mol. The fourth-order valence-electron chi connectivity index (χ4n) is 0.778. The number of azide groups is 1. The van der Waals surface area contributed by atoms with Crippen molar-refractivity contribution < 1.29 is 5.11 Å². The van der Waals surface area contributed by atoms with Gasteiger partial charge >= 0.3 is 0 Å². The molecule has 12 heavy (non-hydrogen) atoms. The topological polar surface area (TPSA) is 69.0 Å². The summed E-state index contributed by atoms with van der Waals surface area (Å²) in [7, 11) is 0. The number of aliphatic hydroxyl groups is 1. The first-order chi connectivity index (χ1) is 5.77. The summed E-state index contributed by atoms with van der Waals surface area (Å²) in [4.78, 5) is 2.65. The maximum atomic E-state index is 8.76. The normalized spacial score (nSPS) is 9.17. The highest BCUT2D eigenvalue weighted by Crippen LogP contribution is 2.26. The third-order valence-corrected chi connectivity index (χ3v) is 1.98. The Bertz CT molecular complexity index is 333. The van der Waals surface area contributed by atoms with Crippen LogP contribution in [0, 0.1) is 0 Å². The van der Waals surface area contributed by atoms with E-state index in [0.29, 0.717) is 10.2 Å². The Balaban J connectivity index is 3.11. The first kappa shape index (κ1) is 9.06. The molecule has 0 atom stereocenters. The minimum atomic E-state index is -0.0187. The van der Waals surface area contributed by atoms with Gasteiger partial charge in [-0.05, 0) is 17.2 Å². The van der Waals surface area contributed by atoms with Crippen LogP contribution in [0.5, 0.6) is 0 Å². The fourth-order valence-corrected chi connectivity index (χ4v) is 1.28. The highest BCUT2D eigenvalue weighted by molar-refractivity contribution is 9.10. The molecule has 1 aromatic carbocycles. The maximum absolute atomic E-state index is 8.76. The van der Waals surface area contributed by atoms with Crippen LogP contribution in [0.1, 0.15) is 5.56 Å². The number of aliphatic hydroxyl groups excluding tert-OH is 1. The molecule has 0 fully saturated rings. The van der Waals surface area contributed by atoms with Crippen LogP contribution in [0.3, 0.4) is 0 Å². The van der Waals surface area contributed by atoms with Crippen molar-refractivity contribution in [1.29, 1.82) is 0 Å². The smallest absolute Gasteiger partial charge is 0.0682 e. The lowest BCUT2D eigenvalue weighted by Crippen LogP contribution is -1.81. The Hall–Kier alpha value is -1.03. The molecule has 0 bridgehead atoms. The SMILES string of the molecule is [N-]=[N+]=Nc1ccc(CO)cc1Br. The van der Waals surface area contributed by atoms with Crippen molar-refractivity contribution in [2.45, 2.75) is 6.61 Å². The molecule has 62 valence electrons. The minimum Gasteiger partial charge on any atom is -0.392 e. The second-order valence-corrected chi connectivity index (χ2v) is 2.99. The summed E-state index contributed by atoms with van der Waals surface area (Å²) in [6.07, 6.45) is 0. The molecule has 0 radical (unpaired) electrons. The zero-order valence-electron chi connectivity index (χ0n) is 6.11. The van der Waals surface area contributed by atoms with Gasteiger partial charge in [0.15, 0.2) is 0 Å². The lowest BCUT2D eigenvalue weighted by Gasteiger charge is -1.99. The fraction of sp³-hybridized carbons (Fsp3) is 0.143. The molecule has 4 nitrogen and oxygen atoms in total. The van der Waals surface area contributed by atoms with Crippen LogP contribution in [-0.4, -0.2) is 5.11 Å². The molecule has 0 unspecified atom stereocenters. The summed E-state index contributed by atoms with van der Waals surface area (Å²) < 4.78 is 0.687. The molecule has 0 saturated carbocycles. The number of hydrogen-bond donors (Lipinski definition) is 1. The largest absolute Gasteiger partial charge is 0.392 e. The quantitative estimate of drug-likeness (QED) is 0.471. The predicted octanol–water partition coefficient (Wildman–Crippen LogP) is 2.88. The van der Waals surface area contributed by atoms with Crippen LogP contribution in [0.15, 0.2) is 27.8 Å². The van der Waals surface area contributed by atoms with E-state index in [1.54, 1.807) is 18.2 Å². The first-order valence-electron chi connectivity index (χ1n) is 3.22. The third-order valence-electron chi connectivity index (χ3n) is 1.35. The molecule has 1 aromatic rings. The van der Waals surface area contributed by atoms with E-state index in [-0.39, 0.29) is 6.61 Å². The highest BCUT2D eigenvalue weighted by Gasteiger charge is 1.97. The van der Waals surface area contributed by atoms with Crippen molar-refractivity contribution in [3.63, 3.8) is 0 Å². The number of rotatable bonds is 2. The molecular formula is C7H6BrN3O. The monoisotopic (exact) mass is 227 g/mol. The molecule has 0 aliphatic rings. The van der Waals surface area contributed by atoms with Crippen molar-refractivity contribution in [2.75, 3.05) is 0 Å². The van der Waals surface area contributed by atoms with Crippen LogP contribution < -0.4 is 0 Å². The molecule has 0 heterocycles. The van der Waals surface area contributed by atoms with E-state index in [0.717, 1.165) is 5.56 Å². The maximum Gasteiger partial charge on any atom is 0.0682 e. The summed E-state index contributed by atoms with van der Waals surface area (Å²) in [5.74, 6) is 0. The Kier molecular flexibility index (Phi) is 3.10. The summed E-state index contributed by atoms with van der Waals surface area (Å²) in [5, 5.41) is 12.2. The van der Waals surface area contributed by atoms with Gasteiger partial charge in [0, 0.05) is 9.38 Å².